The summed E-state index contributed by atoms with van der Waals surface area (Å²) in [6, 6.07) is 14.4. The number of rotatable bonds is 26. The minimum Gasteiger partial charge on any atom is -0.400 e. The van der Waals surface area contributed by atoms with Gasteiger partial charge in [-0.2, -0.15) is 0 Å². The maximum absolute atomic E-state index is 6.37. The van der Waals surface area contributed by atoms with Crippen LogP contribution in [-0.2, 0) is 24.0 Å². The average Bonchev–Trinajstić information content (AvgIpc) is 3.67. The van der Waals surface area contributed by atoms with Crippen molar-refractivity contribution < 1.29 is 18.6 Å². The van der Waals surface area contributed by atoms with Crippen molar-refractivity contribution in [3.8, 4) is 11.1 Å². The van der Waals surface area contributed by atoms with Crippen molar-refractivity contribution >= 4 is 26.4 Å². The first-order chi connectivity index (χ1) is 28.1. The Balaban J connectivity index is 1.40. The molecule has 0 bridgehead atoms. The molecule has 2 aromatic carbocycles. The van der Waals surface area contributed by atoms with E-state index in [9.17, 15) is 0 Å². The second kappa shape index (κ2) is 21.8. The zero-order valence-electron chi connectivity index (χ0n) is 39.6. The molecule has 4 nitrogen and oxygen atoms in total. The molecule has 326 valence electrons. The lowest BCUT2D eigenvalue weighted by Crippen LogP contribution is -2.41. The topological polar surface area (TPSA) is 36.9 Å². The Morgan fingerprint density at radius 2 is 0.695 bits per heavy atom. The van der Waals surface area contributed by atoms with Crippen LogP contribution in [0.15, 0.2) is 48.3 Å². The molecule has 0 unspecified atom stereocenters. The number of benzene rings is 2. The lowest BCUT2D eigenvalue weighted by atomic mass is 9.70. The summed E-state index contributed by atoms with van der Waals surface area (Å²) >= 11 is 0. The monoisotopic (exact) mass is 807 g/mol. The second-order valence-electron chi connectivity index (χ2n) is 20.5. The lowest BCUT2D eigenvalue weighted by molar-refractivity contribution is 0.00578. The predicted molar refractivity (Wildman–Crippen MR) is 256 cm³/mol. The molecule has 0 spiro atoms. The van der Waals surface area contributed by atoms with Crippen molar-refractivity contribution in [1.29, 1.82) is 0 Å². The molecule has 0 N–H and O–H groups in total. The first kappa shape index (κ1) is 47.9. The largest absolute Gasteiger partial charge is 0.487 e. The number of unbranched alkanes of at least 4 members (excludes halogenated alkanes) is 18. The SMILES string of the molecule is CCCCCCCCCCCCC1(CCCCCCCCCCCC)c2cc(/C=C/B3OC(C)(C)C(C)(C)O3)ccc2-c2ccc(/C=C/B3OC(C)(C)C(C)(C)O3)cc21. The highest BCUT2D eigenvalue weighted by Crippen LogP contribution is 2.55. The molecule has 2 aromatic rings. The molecule has 59 heavy (non-hydrogen) atoms. The molecule has 2 heterocycles. The van der Waals surface area contributed by atoms with Gasteiger partial charge in [-0.05, 0) is 102 Å². The molecular formula is C53H84B2O4. The Hall–Kier alpha value is -2.11. The standard InChI is InChI=1S/C53H84B2O4/c1-11-13-15-17-19-21-23-25-27-29-37-53(38-30-28-26-24-22-20-18-16-14-12-2)47-41-43(35-39-54-56-49(3,4)50(5,6)57-54)31-33-45(47)46-34-32-44(42-48(46)53)36-40-55-58-51(7,8)52(9,10)59-55/h31-36,39-42H,11-30,37-38H2,1-10H3/b39-35+,40-36+. The summed E-state index contributed by atoms with van der Waals surface area (Å²) in [4.78, 5) is 0. The summed E-state index contributed by atoms with van der Waals surface area (Å²) in [7, 11) is -0.710. The highest BCUT2D eigenvalue weighted by Gasteiger charge is 2.51. The molecule has 2 aliphatic heterocycles. The van der Waals surface area contributed by atoms with Crippen LogP contribution in [0, 0.1) is 0 Å². The summed E-state index contributed by atoms with van der Waals surface area (Å²) in [5.41, 5.74) is 6.88. The third kappa shape index (κ3) is 12.5. The van der Waals surface area contributed by atoms with Crippen molar-refractivity contribution in [2.45, 2.75) is 238 Å². The summed E-state index contributed by atoms with van der Waals surface area (Å²) in [5, 5.41) is 0. The quantitative estimate of drug-likeness (QED) is 0.0701. The zero-order valence-corrected chi connectivity index (χ0v) is 39.6. The summed E-state index contributed by atoms with van der Waals surface area (Å²) in [6.45, 7) is 21.6. The number of hydrogen-bond donors (Lipinski definition) is 0. The van der Waals surface area contributed by atoms with Gasteiger partial charge >= 0.3 is 14.2 Å². The third-order valence-electron chi connectivity index (χ3n) is 14.8. The van der Waals surface area contributed by atoms with Crippen molar-refractivity contribution in [3.63, 3.8) is 0 Å². The van der Waals surface area contributed by atoms with E-state index in [2.05, 4.69) is 130 Å². The molecule has 2 saturated heterocycles. The van der Waals surface area contributed by atoms with Crippen LogP contribution in [0.5, 0.6) is 0 Å². The highest BCUT2D eigenvalue weighted by molar-refractivity contribution is 6.53. The Morgan fingerprint density at radius 3 is 1.00 bits per heavy atom. The third-order valence-corrected chi connectivity index (χ3v) is 14.8. The van der Waals surface area contributed by atoms with E-state index in [0.29, 0.717) is 0 Å². The van der Waals surface area contributed by atoms with Crippen LogP contribution in [-0.4, -0.2) is 36.6 Å². The molecule has 2 fully saturated rings. The molecule has 0 saturated carbocycles. The highest BCUT2D eigenvalue weighted by atomic mass is 16.7. The Kier molecular flexibility index (Phi) is 17.7. The summed E-state index contributed by atoms with van der Waals surface area (Å²) in [6.07, 6.45) is 34.0. The Morgan fingerprint density at radius 1 is 0.407 bits per heavy atom. The molecule has 0 atom stereocenters. The molecular weight excluding hydrogens is 722 g/mol. The minimum absolute atomic E-state index is 0.0205. The molecule has 6 heteroatoms. The normalized spacial score (nSPS) is 19.7. The molecule has 0 aromatic heterocycles. The van der Waals surface area contributed by atoms with Gasteiger partial charge in [0.15, 0.2) is 0 Å². The van der Waals surface area contributed by atoms with Crippen LogP contribution >= 0.6 is 0 Å². The van der Waals surface area contributed by atoms with E-state index in [1.54, 1.807) is 0 Å². The second-order valence-corrected chi connectivity index (χ2v) is 20.5. The molecule has 1 aliphatic carbocycles. The van der Waals surface area contributed by atoms with Gasteiger partial charge in [0.1, 0.15) is 0 Å². The Labute approximate surface area is 363 Å². The van der Waals surface area contributed by atoms with Crippen molar-refractivity contribution in [3.05, 3.63) is 70.6 Å². The van der Waals surface area contributed by atoms with E-state index in [-0.39, 0.29) is 42.1 Å². The Bertz CT molecular complexity index is 1500. The molecule has 5 rings (SSSR count). The van der Waals surface area contributed by atoms with Gasteiger partial charge in [-0.25, -0.2) is 0 Å². The van der Waals surface area contributed by atoms with E-state index in [0.717, 1.165) is 0 Å². The van der Waals surface area contributed by atoms with Crippen molar-refractivity contribution in [2.24, 2.45) is 0 Å². The van der Waals surface area contributed by atoms with Gasteiger partial charge in [0, 0.05) is 5.41 Å². The van der Waals surface area contributed by atoms with Gasteiger partial charge in [0.25, 0.3) is 0 Å². The minimum atomic E-state index is -0.355. The maximum atomic E-state index is 6.37. The van der Waals surface area contributed by atoms with E-state index < -0.39 is 0 Å². The molecule has 3 aliphatic rings. The van der Waals surface area contributed by atoms with Gasteiger partial charge in [-0.3, -0.25) is 0 Å². The smallest absolute Gasteiger partial charge is 0.400 e. The van der Waals surface area contributed by atoms with Crippen LogP contribution in [0.4, 0.5) is 0 Å². The van der Waals surface area contributed by atoms with Crippen LogP contribution in [0.2, 0.25) is 0 Å². The van der Waals surface area contributed by atoms with Crippen molar-refractivity contribution in [1.82, 2.24) is 0 Å². The van der Waals surface area contributed by atoms with E-state index in [1.807, 2.05) is 0 Å². The van der Waals surface area contributed by atoms with E-state index in [4.69, 9.17) is 18.6 Å². The van der Waals surface area contributed by atoms with Crippen LogP contribution in [0.1, 0.15) is 233 Å². The van der Waals surface area contributed by atoms with Gasteiger partial charge in [0.05, 0.1) is 22.4 Å². The average molecular weight is 807 g/mol. The summed E-state index contributed by atoms with van der Waals surface area (Å²) in [5.74, 6) is 4.23. The van der Waals surface area contributed by atoms with Gasteiger partial charge in [-0.1, -0.05) is 203 Å². The fourth-order valence-electron chi connectivity index (χ4n) is 9.54. The maximum Gasteiger partial charge on any atom is 0.487 e. The van der Waals surface area contributed by atoms with Crippen LogP contribution < -0.4 is 0 Å². The number of fused-ring (bicyclic) bond motifs is 3. The van der Waals surface area contributed by atoms with Gasteiger partial charge < -0.3 is 18.6 Å². The molecule has 0 amide bonds. The lowest BCUT2D eigenvalue weighted by Gasteiger charge is -2.33. The first-order valence-corrected chi connectivity index (χ1v) is 24.5. The molecule has 0 radical (unpaired) electrons. The first-order valence-electron chi connectivity index (χ1n) is 24.5. The predicted octanol–water partition coefficient (Wildman–Crippen LogP) is 15.9. The summed E-state index contributed by atoms with van der Waals surface area (Å²) < 4.78 is 25.5. The van der Waals surface area contributed by atoms with Gasteiger partial charge in [0.2, 0.25) is 0 Å². The van der Waals surface area contributed by atoms with Gasteiger partial charge in [-0.15, -0.1) is 0 Å². The van der Waals surface area contributed by atoms with Crippen molar-refractivity contribution in [2.75, 3.05) is 0 Å². The fraction of sp³-hybridized carbons (Fsp3) is 0.698. The number of hydrogen-bond acceptors (Lipinski definition) is 4. The zero-order chi connectivity index (χ0) is 42.6. The fourth-order valence-corrected chi connectivity index (χ4v) is 9.54. The van der Waals surface area contributed by atoms with E-state index >= 15 is 0 Å². The van der Waals surface area contributed by atoms with Crippen LogP contribution in [0.25, 0.3) is 23.3 Å². The van der Waals surface area contributed by atoms with E-state index in [1.165, 1.54) is 175 Å². The van der Waals surface area contributed by atoms with Crippen LogP contribution in [0.3, 0.4) is 0 Å².